The second-order valence-corrected chi connectivity index (χ2v) is 17.9. The molecule has 0 saturated carbocycles. The van der Waals surface area contributed by atoms with Gasteiger partial charge in [-0.1, -0.05) is 132 Å². The highest BCUT2D eigenvalue weighted by Gasteiger charge is 2.30. The summed E-state index contributed by atoms with van der Waals surface area (Å²) in [6, 6.07) is 13.1. The zero-order valence-corrected chi connectivity index (χ0v) is 36.9. The topological polar surface area (TPSA) is 99.9 Å². The fraction of sp³-hybridized carbons (Fsp3) is 0.625. The molecule has 0 radical (unpaired) electrons. The van der Waals surface area contributed by atoms with Crippen LogP contribution in [0.15, 0.2) is 41.4 Å². The van der Waals surface area contributed by atoms with Crippen molar-refractivity contribution < 1.29 is 9.53 Å². The molecule has 1 amide bonds. The van der Waals surface area contributed by atoms with Gasteiger partial charge in [-0.25, -0.2) is 9.98 Å². The number of rotatable bonds is 23. The number of carbonyl (C=O) groups is 1. The number of hydrogen-bond donors (Lipinski definition) is 2. The molecule has 2 unspecified atom stereocenters. The first-order valence-electron chi connectivity index (χ1n) is 22.3. The van der Waals surface area contributed by atoms with E-state index in [0.717, 1.165) is 75.0 Å². The van der Waals surface area contributed by atoms with Gasteiger partial charge in [0, 0.05) is 36.8 Å². The molecule has 2 aromatic carbocycles. The van der Waals surface area contributed by atoms with Crippen LogP contribution in [0.4, 0.5) is 11.4 Å². The van der Waals surface area contributed by atoms with Crippen LogP contribution in [-0.2, 0) is 22.0 Å². The van der Waals surface area contributed by atoms with Crippen LogP contribution in [0.5, 0.6) is 5.75 Å². The Labute approximate surface area is 343 Å². The Bertz CT molecular complexity index is 2030. The molecule has 0 aliphatic carbocycles. The van der Waals surface area contributed by atoms with Crippen LogP contribution in [0.1, 0.15) is 174 Å². The molecule has 0 bridgehead atoms. The molecule has 57 heavy (non-hydrogen) atoms. The van der Waals surface area contributed by atoms with Crippen molar-refractivity contribution in [1.82, 2.24) is 25.1 Å². The smallest absolute Gasteiger partial charge is 0.261 e. The minimum Gasteiger partial charge on any atom is -0.480 e. The molecular formula is C48H73N7O2. The third-order valence-corrected chi connectivity index (χ3v) is 12.6. The van der Waals surface area contributed by atoms with E-state index in [0.29, 0.717) is 35.1 Å². The second kappa shape index (κ2) is 20.0. The van der Waals surface area contributed by atoms with E-state index in [1.54, 1.807) is 4.63 Å². The summed E-state index contributed by atoms with van der Waals surface area (Å²) in [5, 5.41) is 12.6. The summed E-state index contributed by atoms with van der Waals surface area (Å²) >= 11 is 0. The molecule has 0 fully saturated rings. The molecule has 0 spiro atoms. The molecule has 9 nitrogen and oxygen atoms in total. The summed E-state index contributed by atoms with van der Waals surface area (Å²) in [7, 11) is 0. The number of fused-ring (bicyclic) bond motifs is 2. The van der Waals surface area contributed by atoms with E-state index >= 15 is 0 Å². The third-order valence-electron chi connectivity index (χ3n) is 12.6. The lowest BCUT2D eigenvalue weighted by atomic mass is 9.76. The molecule has 4 aromatic rings. The Morgan fingerprint density at radius 3 is 2.35 bits per heavy atom. The summed E-state index contributed by atoms with van der Waals surface area (Å²) in [5.41, 5.74) is 6.63. The average Bonchev–Trinajstić information content (AvgIpc) is 3.89. The minimum absolute atomic E-state index is 0.0531. The summed E-state index contributed by atoms with van der Waals surface area (Å²) in [6.07, 6.45) is 15.3. The summed E-state index contributed by atoms with van der Waals surface area (Å²) in [4.78, 5) is 26.4. The summed E-state index contributed by atoms with van der Waals surface area (Å²) < 4.78 is 8.39. The van der Waals surface area contributed by atoms with E-state index in [4.69, 9.17) is 19.8 Å². The fourth-order valence-electron chi connectivity index (χ4n) is 7.76. The van der Waals surface area contributed by atoms with Crippen LogP contribution in [0.25, 0.3) is 12.2 Å². The molecule has 5 rings (SSSR count). The number of hydrogen-bond acceptors (Lipinski definition) is 6. The molecule has 1 aliphatic rings. The van der Waals surface area contributed by atoms with Crippen LogP contribution < -0.4 is 25.7 Å². The zero-order chi connectivity index (χ0) is 41.2. The highest BCUT2D eigenvalue weighted by atomic mass is 16.5. The van der Waals surface area contributed by atoms with E-state index in [9.17, 15) is 4.79 Å². The maximum atomic E-state index is 14.0. The molecule has 3 heterocycles. The Balaban J connectivity index is 1.28. The highest BCUT2D eigenvalue weighted by molar-refractivity contribution is 5.81. The lowest BCUT2D eigenvalue weighted by Gasteiger charge is -2.31. The number of H-pyrrole nitrogens is 1. The van der Waals surface area contributed by atoms with Gasteiger partial charge in [-0.05, 0) is 84.7 Å². The van der Waals surface area contributed by atoms with E-state index in [1.807, 2.05) is 6.92 Å². The molecule has 0 saturated heterocycles. The van der Waals surface area contributed by atoms with Gasteiger partial charge in [0.15, 0.2) is 11.9 Å². The van der Waals surface area contributed by atoms with Gasteiger partial charge in [0.2, 0.25) is 5.65 Å². The van der Waals surface area contributed by atoms with Crippen LogP contribution in [0.3, 0.4) is 0 Å². The molecule has 1 aliphatic heterocycles. The number of aromatic nitrogens is 4. The van der Waals surface area contributed by atoms with Gasteiger partial charge in [-0.15, -0.1) is 5.10 Å². The molecule has 312 valence electrons. The van der Waals surface area contributed by atoms with E-state index in [-0.39, 0.29) is 22.7 Å². The average molecular weight is 780 g/mol. The Morgan fingerprint density at radius 1 is 0.930 bits per heavy atom. The molecule has 9 heteroatoms. The van der Waals surface area contributed by atoms with Gasteiger partial charge in [-0.2, -0.15) is 4.63 Å². The number of ether oxygens (including phenoxy) is 1. The number of aromatic amines is 1. The summed E-state index contributed by atoms with van der Waals surface area (Å²) in [5.74, 6) is 1.21. The Hall–Kier alpha value is -4.14. The van der Waals surface area contributed by atoms with E-state index in [1.165, 1.54) is 55.3 Å². The van der Waals surface area contributed by atoms with Gasteiger partial charge in [0.05, 0.1) is 11.0 Å². The van der Waals surface area contributed by atoms with E-state index < -0.39 is 6.10 Å². The van der Waals surface area contributed by atoms with Gasteiger partial charge in [0.1, 0.15) is 11.1 Å². The molecular weight excluding hydrogens is 707 g/mol. The predicted molar refractivity (Wildman–Crippen MR) is 237 cm³/mol. The van der Waals surface area contributed by atoms with Crippen molar-refractivity contribution in [2.24, 2.45) is 4.99 Å². The monoisotopic (exact) mass is 780 g/mol. The number of anilines is 1. The molecule has 2 atom stereocenters. The molecule has 2 N–H and O–H groups in total. The van der Waals surface area contributed by atoms with Crippen molar-refractivity contribution in [3.8, 4) is 5.75 Å². The van der Waals surface area contributed by atoms with Crippen molar-refractivity contribution in [2.45, 2.75) is 175 Å². The van der Waals surface area contributed by atoms with Crippen LogP contribution >= 0.6 is 0 Å². The maximum absolute atomic E-state index is 14.0. The summed E-state index contributed by atoms with van der Waals surface area (Å²) in [6.45, 7) is 26.9. The quantitative estimate of drug-likeness (QED) is 0.0731. The third kappa shape index (κ3) is 11.1. The van der Waals surface area contributed by atoms with Crippen molar-refractivity contribution in [1.29, 1.82) is 0 Å². The second-order valence-electron chi connectivity index (χ2n) is 17.9. The molecule has 2 aromatic heterocycles. The number of unbranched alkanes of at least 4 members (excludes halogenated alkanes) is 8. The van der Waals surface area contributed by atoms with Gasteiger partial charge < -0.3 is 15.0 Å². The first-order chi connectivity index (χ1) is 27.3. The van der Waals surface area contributed by atoms with Crippen LogP contribution in [-0.4, -0.2) is 51.5 Å². The van der Waals surface area contributed by atoms with Crippen molar-refractivity contribution in [2.75, 3.05) is 24.5 Å². The minimum atomic E-state index is -0.593. The lowest BCUT2D eigenvalue weighted by molar-refractivity contribution is -0.128. The lowest BCUT2D eigenvalue weighted by Crippen LogP contribution is -2.40. The standard InChI is InChI=1S/C48H73N7O2/c1-11-15-17-19-20-22-29-54-30-28-36-31-38(25-26-40(36)54)50-43-35(6)52-55-45(43)51-44(53-55)34(5)33-49-46(56)42(23-21-18-16-12-2)57-41-27-24-37(47(7,8)13-3)32-39(41)48(9,10)14-4/h24-27,31-32,34,42,52H,6,11-23,28-30,33H2,1-5,7-10H3,(H,49,56). The largest absolute Gasteiger partial charge is 0.480 e. The Morgan fingerprint density at radius 2 is 1.63 bits per heavy atom. The number of nitrogens with one attached hydrogen (secondary N) is 2. The van der Waals surface area contributed by atoms with Gasteiger partial charge in [-0.3, -0.25) is 9.89 Å². The SMILES string of the molecule is C=c1[nH]n2nc(C(C)CNC(=O)C(CCCCCC)Oc3ccc(C(C)(C)CC)cc3C(C)(C)CC)nc2c1=Nc1ccc2c(c1)CCN2CCCCCCCC. The fourth-order valence-corrected chi connectivity index (χ4v) is 7.76. The first-order valence-corrected chi connectivity index (χ1v) is 22.3. The van der Waals surface area contributed by atoms with Gasteiger partial charge in [0.25, 0.3) is 5.91 Å². The normalized spacial score (nSPS) is 14.7. The van der Waals surface area contributed by atoms with Crippen LogP contribution in [0, 0.1) is 0 Å². The van der Waals surface area contributed by atoms with Gasteiger partial charge >= 0.3 is 0 Å². The zero-order valence-electron chi connectivity index (χ0n) is 36.9. The predicted octanol–water partition coefficient (Wildman–Crippen LogP) is 10.2. The number of amides is 1. The highest BCUT2D eigenvalue weighted by Crippen LogP contribution is 2.39. The maximum Gasteiger partial charge on any atom is 0.261 e. The van der Waals surface area contributed by atoms with Crippen LogP contribution in [0.2, 0.25) is 0 Å². The van der Waals surface area contributed by atoms with Crippen molar-refractivity contribution >= 4 is 29.5 Å². The van der Waals surface area contributed by atoms with E-state index in [2.05, 4.69) is 114 Å². The number of carbonyl (C=O) groups excluding carboxylic acids is 1. The van der Waals surface area contributed by atoms with Crippen molar-refractivity contribution in [3.05, 3.63) is 69.6 Å². The number of nitrogens with zero attached hydrogens (tertiary/aromatic N) is 5. The van der Waals surface area contributed by atoms with Crippen molar-refractivity contribution in [3.63, 3.8) is 0 Å². The Kier molecular flexibility index (Phi) is 15.4. The first kappa shape index (κ1) is 44.0. The number of benzene rings is 2.